The Morgan fingerprint density at radius 1 is 1.42 bits per heavy atom. The fraction of sp³-hybridized carbons (Fsp3) is 1.00. The van der Waals surface area contributed by atoms with Crippen molar-refractivity contribution in [1.29, 1.82) is 0 Å². The summed E-state index contributed by atoms with van der Waals surface area (Å²) in [5.74, 6) is 0. The standard InChI is InChI=1S/C9H19IO2/c1-5-11-6-8(2)12-9(3,4)7-10/h8H,5-7H2,1-4H3. The van der Waals surface area contributed by atoms with E-state index in [-0.39, 0.29) is 11.7 Å². The molecule has 2 nitrogen and oxygen atoms in total. The van der Waals surface area contributed by atoms with Crippen LogP contribution in [-0.2, 0) is 9.47 Å². The number of rotatable bonds is 6. The number of ether oxygens (including phenoxy) is 2. The van der Waals surface area contributed by atoms with Crippen molar-refractivity contribution in [3.63, 3.8) is 0 Å². The molecule has 0 radical (unpaired) electrons. The molecule has 0 aliphatic carbocycles. The minimum Gasteiger partial charge on any atom is -0.379 e. The molecule has 0 aliphatic rings. The van der Waals surface area contributed by atoms with Crippen molar-refractivity contribution >= 4 is 22.6 Å². The van der Waals surface area contributed by atoms with Crippen molar-refractivity contribution in [2.75, 3.05) is 17.6 Å². The highest BCUT2D eigenvalue weighted by Gasteiger charge is 2.19. The smallest absolute Gasteiger partial charge is 0.0788 e. The van der Waals surface area contributed by atoms with Gasteiger partial charge in [0.1, 0.15) is 0 Å². The number of alkyl halides is 1. The molecule has 3 heteroatoms. The summed E-state index contributed by atoms with van der Waals surface area (Å²) in [4.78, 5) is 0. The molecule has 0 fully saturated rings. The normalized spacial score (nSPS) is 14.8. The van der Waals surface area contributed by atoms with Crippen molar-refractivity contribution in [2.24, 2.45) is 0 Å². The summed E-state index contributed by atoms with van der Waals surface area (Å²) < 4.78 is 12.0. The predicted octanol–water partition coefficient (Wildman–Crippen LogP) is 2.64. The summed E-state index contributed by atoms with van der Waals surface area (Å²) in [5.41, 5.74) is -0.0307. The molecule has 0 spiro atoms. The lowest BCUT2D eigenvalue weighted by molar-refractivity contribution is -0.0787. The van der Waals surface area contributed by atoms with Gasteiger partial charge in [-0.3, -0.25) is 0 Å². The van der Waals surface area contributed by atoms with Crippen LogP contribution in [0.1, 0.15) is 27.7 Å². The van der Waals surface area contributed by atoms with Gasteiger partial charge in [-0.25, -0.2) is 0 Å². The van der Waals surface area contributed by atoms with Crippen LogP contribution in [0, 0.1) is 0 Å². The molecule has 74 valence electrons. The topological polar surface area (TPSA) is 18.5 Å². The molecule has 0 heterocycles. The van der Waals surface area contributed by atoms with Gasteiger partial charge in [-0.05, 0) is 27.7 Å². The number of halogens is 1. The van der Waals surface area contributed by atoms with Gasteiger partial charge in [0.05, 0.1) is 18.3 Å². The van der Waals surface area contributed by atoms with Gasteiger partial charge in [-0.2, -0.15) is 0 Å². The summed E-state index contributed by atoms with van der Waals surface area (Å²) in [6.07, 6.45) is 0.190. The highest BCUT2D eigenvalue weighted by Crippen LogP contribution is 2.15. The van der Waals surface area contributed by atoms with E-state index in [1.165, 1.54) is 0 Å². The lowest BCUT2D eigenvalue weighted by Gasteiger charge is -2.27. The van der Waals surface area contributed by atoms with Crippen LogP contribution in [0.2, 0.25) is 0 Å². The van der Waals surface area contributed by atoms with E-state index < -0.39 is 0 Å². The first-order valence-corrected chi connectivity index (χ1v) is 5.86. The molecule has 1 atom stereocenters. The van der Waals surface area contributed by atoms with Crippen molar-refractivity contribution in [3.8, 4) is 0 Å². The number of hydrogen-bond donors (Lipinski definition) is 0. The van der Waals surface area contributed by atoms with Gasteiger partial charge in [-0.15, -0.1) is 0 Å². The third-order valence-corrected chi connectivity index (χ3v) is 3.24. The molecular weight excluding hydrogens is 267 g/mol. The summed E-state index contributed by atoms with van der Waals surface area (Å²) in [6, 6.07) is 0. The van der Waals surface area contributed by atoms with Crippen LogP contribution in [-0.4, -0.2) is 29.3 Å². The molecule has 0 amide bonds. The van der Waals surface area contributed by atoms with Crippen molar-refractivity contribution < 1.29 is 9.47 Å². The lowest BCUT2D eigenvalue weighted by atomic mass is 10.2. The Kier molecular flexibility index (Phi) is 6.49. The Morgan fingerprint density at radius 2 is 2.00 bits per heavy atom. The first kappa shape index (κ1) is 12.7. The van der Waals surface area contributed by atoms with Gasteiger partial charge in [0.15, 0.2) is 0 Å². The molecule has 0 rings (SSSR count). The molecule has 1 unspecified atom stereocenters. The first-order chi connectivity index (χ1) is 5.52. The second-order valence-electron chi connectivity index (χ2n) is 3.48. The average Bonchev–Trinajstić information content (AvgIpc) is 2.00. The Hall–Kier alpha value is 0.650. The molecule has 0 aliphatic heterocycles. The van der Waals surface area contributed by atoms with E-state index in [2.05, 4.69) is 36.4 Å². The van der Waals surface area contributed by atoms with Gasteiger partial charge in [-0.1, -0.05) is 22.6 Å². The van der Waals surface area contributed by atoms with Crippen molar-refractivity contribution in [3.05, 3.63) is 0 Å². The van der Waals surface area contributed by atoms with Gasteiger partial charge in [0.2, 0.25) is 0 Å². The third kappa shape index (κ3) is 6.20. The molecule has 0 N–H and O–H groups in total. The Morgan fingerprint density at radius 3 is 2.42 bits per heavy atom. The van der Waals surface area contributed by atoms with Crippen LogP contribution >= 0.6 is 22.6 Å². The second-order valence-corrected chi connectivity index (χ2v) is 4.24. The van der Waals surface area contributed by atoms with E-state index >= 15 is 0 Å². The van der Waals surface area contributed by atoms with E-state index in [1.54, 1.807) is 0 Å². The molecule has 0 bridgehead atoms. The minimum absolute atomic E-state index is 0.0307. The fourth-order valence-corrected chi connectivity index (χ4v) is 1.07. The predicted molar refractivity (Wildman–Crippen MR) is 60.0 cm³/mol. The van der Waals surface area contributed by atoms with Crippen molar-refractivity contribution in [1.82, 2.24) is 0 Å². The summed E-state index contributed by atoms with van der Waals surface area (Å²) in [5, 5.41) is 0. The zero-order chi connectivity index (χ0) is 9.61. The van der Waals surface area contributed by atoms with Crippen LogP contribution in [0.5, 0.6) is 0 Å². The van der Waals surface area contributed by atoms with Crippen LogP contribution < -0.4 is 0 Å². The van der Waals surface area contributed by atoms with Crippen LogP contribution in [0.4, 0.5) is 0 Å². The maximum atomic E-state index is 5.76. The highest BCUT2D eigenvalue weighted by molar-refractivity contribution is 14.1. The maximum absolute atomic E-state index is 5.76. The van der Waals surface area contributed by atoms with E-state index in [4.69, 9.17) is 9.47 Å². The van der Waals surface area contributed by atoms with Gasteiger partial charge < -0.3 is 9.47 Å². The second kappa shape index (κ2) is 6.16. The zero-order valence-corrected chi connectivity index (χ0v) is 10.6. The maximum Gasteiger partial charge on any atom is 0.0788 e. The first-order valence-electron chi connectivity index (χ1n) is 4.33. The monoisotopic (exact) mass is 286 g/mol. The molecule has 0 aromatic heterocycles. The molecule has 12 heavy (non-hydrogen) atoms. The summed E-state index contributed by atoms with van der Waals surface area (Å²) >= 11 is 2.34. The van der Waals surface area contributed by atoms with E-state index in [9.17, 15) is 0 Å². The van der Waals surface area contributed by atoms with Crippen LogP contribution in [0.15, 0.2) is 0 Å². The Balaban J connectivity index is 3.60. The summed E-state index contributed by atoms with van der Waals surface area (Å²) in [7, 11) is 0. The highest BCUT2D eigenvalue weighted by atomic mass is 127. The third-order valence-electron chi connectivity index (χ3n) is 1.40. The Bertz CT molecular complexity index is 115. The average molecular weight is 286 g/mol. The van der Waals surface area contributed by atoms with E-state index in [1.807, 2.05) is 13.8 Å². The quantitative estimate of drug-likeness (QED) is 0.552. The van der Waals surface area contributed by atoms with Crippen molar-refractivity contribution in [2.45, 2.75) is 39.4 Å². The fourth-order valence-electron chi connectivity index (χ4n) is 0.894. The summed E-state index contributed by atoms with van der Waals surface area (Å²) in [6.45, 7) is 9.69. The number of hydrogen-bond acceptors (Lipinski definition) is 2. The molecule has 0 aromatic carbocycles. The van der Waals surface area contributed by atoms with Gasteiger partial charge in [0.25, 0.3) is 0 Å². The molecule has 0 saturated heterocycles. The van der Waals surface area contributed by atoms with Gasteiger partial charge >= 0.3 is 0 Å². The zero-order valence-electron chi connectivity index (χ0n) is 8.39. The lowest BCUT2D eigenvalue weighted by Crippen LogP contribution is -2.33. The minimum atomic E-state index is -0.0307. The molecule has 0 saturated carbocycles. The molecule has 0 aromatic rings. The van der Waals surface area contributed by atoms with Crippen LogP contribution in [0.25, 0.3) is 0 Å². The molecular formula is C9H19IO2. The SMILES string of the molecule is CCOCC(C)OC(C)(C)CI. The van der Waals surface area contributed by atoms with E-state index in [0.29, 0.717) is 6.61 Å². The van der Waals surface area contributed by atoms with E-state index in [0.717, 1.165) is 11.0 Å². The largest absolute Gasteiger partial charge is 0.379 e. The van der Waals surface area contributed by atoms with Gasteiger partial charge in [0, 0.05) is 11.0 Å². The van der Waals surface area contributed by atoms with Crippen LogP contribution in [0.3, 0.4) is 0 Å². The Labute approximate surface area is 89.1 Å².